The van der Waals surface area contributed by atoms with Crippen LogP contribution < -0.4 is 10.6 Å². The van der Waals surface area contributed by atoms with Gasteiger partial charge in [0.25, 0.3) is 0 Å². The molecule has 0 spiro atoms. The number of aromatic nitrogens is 1. The Morgan fingerprint density at radius 2 is 1.66 bits per heavy atom. The van der Waals surface area contributed by atoms with Crippen LogP contribution in [0.3, 0.4) is 0 Å². The molecule has 0 atom stereocenters. The molecule has 32 heavy (non-hydrogen) atoms. The zero-order valence-electron chi connectivity index (χ0n) is 19.4. The number of nitrogens with one attached hydrogen (secondary N) is 2. The van der Waals surface area contributed by atoms with Crippen LogP contribution in [0.15, 0.2) is 64.1 Å². The summed E-state index contributed by atoms with van der Waals surface area (Å²) in [6.45, 7) is 9.41. The predicted octanol–water partition coefficient (Wildman–Crippen LogP) is 4.77. The summed E-state index contributed by atoms with van der Waals surface area (Å²) < 4.78 is 11.4. The number of rotatable bonds is 11. The van der Waals surface area contributed by atoms with Crippen LogP contribution in [0.1, 0.15) is 54.5 Å². The molecular weight excluding hydrogens is 400 g/mol. The molecule has 2 aromatic carbocycles. The van der Waals surface area contributed by atoms with Crippen LogP contribution in [-0.4, -0.2) is 17.7 Å². The Hall–Kier alpha value is -3.12. The Kier molecular flexibility index (Phi) is 9.32. The second-order valence-electron chi connectivity index (χ2n) is 7.53. The lowest BCUT2D eigenvalue weighted by Gasteiger charge is -2.13. The van der Waals surface area contributed by atoms with E-state index in [0.717, 1.165) is 53.5 Å². The molecule has 0 aliphatic rings. The van der Waals surface area contributed by atoms with Crippen molar-refractivity contribution in [1.82, 2.24) is 15.8 Å². The fraction of sp³-hybridized carbons (Fsp3) is 0.385. The summed E-state index contributed by atoms with van der Waals surface area (Å²) in [5.41, 5.74) is 5.63. The molecule has 1 aromatic heterocycles. The molecule has 0 amide bonds. The third-order valence-electron chi connectivity index (χ3n) is 5.28. The minimum absolute atomic E-state index is 0.560. The summed E-state index contributed by atoms with van der Waals surface area (Å²) in [6.07, 6.45) is 1.68. The van der Waals surface area contributed by atoms with E-state index in [2.05, 4.69) is 60.8 Å². The van der Waals surface area contributed by atoms with Crippen molar-refractivity contribution in [3.05, 3.63) is 88.3 Å². The molecule has 3 rings (SSSR count). The maximum Gasteiger partial charge on any atom is 0.191 e. The van der Waals surface area contributed by atoms with Crippen LogP contribution in [0.25, 0.3) is 0 Å². The van der Waals surface area contributed by atoms with Gasteiger partial charge in [-0.3, -0.25) is 0 Å². The highest BCUT2D eigenvalue weighted by atomic mass is 16.5. The Bertz CT molecular complexity index is 961. The third-order valence-corrected chi connectivity index (χ3v) is 5.28. The Balaban J connectivity index is 1.63. The van der Waals surface area contributed by atoms with Crippen LogP contribution in [-0.2, 0) is 43.9 Å². The first kappa shape index (κ1) is 23.5. The van der Waals surface area contributed by atoms with Crippen molar-refractivity contribution < 1.29 is 9.26 Å². The van der Waals surface area contributed by atoms with Gasteiger partial charge in [0, 0.05) is 25.1 Å². The largest absolute Gasteiger partial charge is 0.372 e. The van der Waals surface area contributed by atoms with E-state index in [1.807, 2.05) is 30.3 Å². The average molecular weight is 435 g/mol. The first-order valence-corrected chi connectivity index (χ1v) is 11.4. The molecule has 0 aliphatic heterocycles. The van der Waals surface area contributed by atoms with Gasteiger partial charge in [0.05, 0.1) is 25.5 Å². The van der Waals surface area contributed by atoms with Crippen LogP contribution in [0.2, 0.25) is 0 Å². The number of aliphatic imine (C=N–C) groups is 1. The SMILES string of the molecule is CCNC(=NCc1ccccc1COCc1ccccc1)NCc1c(CC)noc1CC. The molecule has 1 heterocycles. The lowest BCUT2D eigenvalue weighted by atomic mass is 10.1. The number of hydrogen-bond donors (Lipinski definition) is 2. The molecule has 0 fully saturated rings. The minimum Gasteiger partial charge on any atom is -0.372 e. The smallest absolute Gasteiger partial charge is 0.191 e. The number of aryl methyl sites for hydroxylation is 2. The van der Waals surface area contributed by atoms with Gasteiger partial charge in [-0.2, -0.15) is 0 Å². The van der Waals surface area contributed by atoms with Crippen molar-refractivity contribution in [3.63, 3.8) is 0 Å². The van der Waals surface area contributed by atoms with Crippen LogP contribution in [0, 0.1) is 0 Å². The normalized spacial score (nSPS) is 11.5. The molecule has 0 radical (unpaired) electrons. The van der Waals surface area contributed by atoms with E-state index < -0.39 is 0 Å². The molecule has 3 aromatic rings. The zero-order chi connectivity index (χ0) is 22.6. The van der Waals surface area contributed by atoms with Crippen molar-refractivity contribution in [2.75, 3.05) is 6.54 Å². The molecule has 170 valence electrons. The first-order valence-electron chi connectivity index (χ1n) is 11.4. The lowest BCUT2D eigenvalue weighted by molar-refractivity contribution is 0.106. The molecule has 6 heteroatoms. The topological polar surface area (TPSA) is 71.7 Å². The fourth-order valence-electron chi connectivity index (χ4n) is 3.52. The van der Waals surface area contributed by atoms with Crippen molar-refractivity contribution in [3.8, 4) is 0 Å². The van der Waals surface area contributed by atoms with Gasteiger partial charge in [-0.1, -0.05) is 73.6 Å². The minimum atomic E-state index is 0.560. The van der Waals surface area contributed by atoms with E-state index in [0.29, 0.717) is 26.3 Å². The molecule has 0 bridgehead atoms. The van der Waals surface area contributed by atoms with Crippen LogP contribution in [0.4, 0.5) is 0 Å². The molecule has 0 saturated carbocycles. The molecule has 0 unspecified atom stereocenters. The molecule has 0 aliphatic carbocycles. The van der Waals surface area contributed by atoms with E-state index in [-0.39, 0.29) is 0 Å². The van der Waals surface area contributed by atoms with Gasteiger partial charge in [0.1, 0.15) is 5.76 Å². The number of nitrogens with zero attached hydrogens (tertiary/aromatic N) is 2. The van der Waals surface area contributed by atoms with Gasteiger partial charge in [-0.15, -0.1) is 0 Å². The summed E-state index contributed by atoms with van der Waals surface area (Å²) in [7, 11) is 0. The first-order chi connectivity index (χ1) is 15.7. The summed E-state index contributed by atoms with van der Waals surface area (Å²) in [4.78, 5) is 4.81. The van der Waals surface area contributed by atoms with Gasteiger partial charge in [-0.05, 0) is 30.0 Å². The Morgan fingerprint density at radius 1 is 0.906 bits per heavy atom. The second-order valence-corrected chi connectivity index (χ2v) is 7.53. The number of guanidine groups is 1. The molecule has 0 saturated heterocycles. The quantitative estimate of drug-likeness (QED) is 0.336. The van der Waals surface area contributed by atoms with Gasteiger partial charge in [0.15, 0.2) is 5.96 Å². The van der Waals surface area contributed by atoms with Gasteiger partial charge in [0.2, 0.25) is 0 Å². The Labute approximate surface area is 191 Å². The van der Waals surface area contributed by atoms with E-state index >= 15 is 0 Å². The summed E-state index contributed by atoms with van der Waals surface area (Å²) in [5.74, 6) is 1.71. The van der Waals surface area contributed by atoms with Crippen molar-refractivity contribution >= 4 is 5.96 Å². The fourth-order valence-corrected chi connectivity index (χ4v) is 3.52. The highest BCUT2D eigenvalue weighted by Crippen LogP contribution is 2.16. The molecule has 6 nitrogen and oxygen atoms in total. The van der Waals surface area contributed by atoms with Crippen molar-refractivity contribution in [2.45, 2.75) is 59.9 Å². The number of ether oxygens (including phenoxy) is 1. The van der Waals surface area contributed by atoms with E-state index in [1.54, 1.807) is 0 Å². The van der Waals surface area contributed by atoms with E-state index in [9.17, 15) is 0 Å². The summed E-state index contributed by atoms with van der Waals surface area (Å²) in [5, 5.41) is 11.0. The zero-order valence-corrected chi connectivity index (χ0v) is 19.4. The highest BCUT2D eigenvalue weighted by Gasteiger charge is 2.13. The molecular formula is C26H34N4O2. The number of benzene rings is 2. The highest BCUT2D eigenvalue weighted by molar-refractivity contribution is 5.79. The van der Waals surface area contributed by atoms with E-state index in [1.165, 1.54) is 5.56 Å². The number of hydrogen-bond acceptors (Lipinski definition) is 4. The maximum atomic E-state index is 5.95. The average Bonchev–Trinajstić information content (AvgIpc) is 3.24. The van der Waals surface area contributed by atoms with E-state index in [4.69, 9.17) is 14.3 Å². The predicted molar refractivity (Wildman–Crippen MR) is 128 cm³/mol. The third kappa shape index (κ3) is 6.69. The van der Waals surface area contributed by atoms with Crippen LogP contribution >= 0.6 is 0 Å². The lowest BCUT2D eigenvalue weighted by Crippen LogP contribution is -2.37. The van der Waals surface area contributed by atoms with Crippen molar-refractivity contribution in [2.24, 2.45) is 4.99 Å². The molecule has 2 N–H and O–H groups in total. The second kappa shape index (κ2) is 12.7. The monoisotopic (exact) mass is 434 g/mol. The van der Waals surface area contributed by atoms with Crippen molar-refractivity contribution in [1.29, 1.82) is 0 Å². The maximum absolute atomic E-state index is 5.95. The van der Waals surface area contributed by atoms with Gasteiger partial charge >= 0.3 is 0 Å². The summed E-state index contributed by atoms with van der Waals surface area (Å²) >= 11 is 0. The van der Waals surface area contributed by atoms with Gasteiger partial charge in [-0.25, -0.2) is 4.99 Å². The van der Waals surface area contributed by atoms with Crippen LogP contribution in [0.5, 0.6) is 0 Å². The van der Waals surface area contributed by atoms with Gasteiger partial charge < -0.3 is 19.9 Å². The summed E-state index contributed by atoms with van der Waals surface area (Å²) in [6, 6.07) is 18.5. The Morgan fingerprint density at radius 3 is 2.38 bits per heavy atom. The standard InChI is InChI=1S/C26H34N4O2/c1-4-24-23(25(5-2)32-30-24)17-29-26(27-6-3)28-16-21-14-10-11-15-22(21)19-31-18-20-12-8-7-9-13-20/h7-15H,4-6,16-19H2,1-3H3,(H2,27,28,29).